The number of carbonyl (C=O) groups excluding carboxylic acids is 1. The molecule has 0 aliphatic rings. The molecule has 0 saturated heterocycles. The Kier molecular flexibility index (Phi) is 10.8. The van der Waals surface area contributed by atoms with E-state index >= 15 is 0 Å². The fourth-order valence-corrected chi connectivity index (χ4v) is 6.54. The van der Waals surface area contributed by atoms with Crippen LogP contribution >= 0.6 is 11.3 Å². The van der Waals surface area contributed by atoms with Gasteiger partial charge < -0.3 is 14.4 Å². The smallest absolute Gasteiger partial charge is 0.260 e. The molecule has 11 nitrogen and oxygen atoms in total. The van der Waals surface area contributed by atoms with E-state index in [1.165, 1.54) is 35.6 Å². The van der Waals surface area contributed by atoms with Crippen LogP contribution in [0.3, 0.4) is 0 Å². The molecule has 0 unspecified atom stereocenters. The predicted octanol–water partition coefficient (Wildman–Crippen LogP) is 3.73. The van der Waals surface area contributed by atoms with Gasteiger partial charge in [0.1, 0.15) is 21.7 Å². The summed E-state index contributed by atoms with van der Waals surface area (Å²) in [5.74, 6) is 0.851. The van der Waals surface area contributed by atoms with Gasteiger partial charge in [-0.15, -0.1) is 0 Å². The van der Waals surface area contributed by atoms with Crippen LogP contribution in [0.5, 0.6) is 11.5 Å². The van der Waals surface area contributed by atoms with Crippen molar-refractivity contribution in [2.45, 2.75) is 24.2 Å². The van der Waals surface area contributed by atoms with Gasteiger partial charge in [0.05, 0.1) is 31.3 Å². The monoisotopic (exact) mass is 584 g/mol. The highest BCUT2D eigenvalue weighted by atomic mass is 32.2. The zero-order valence-corrected chi connectivity index (χ0v) is 24.6. The van der Waals surface area contributed by atoms with Gasteiger partial charge in [0.2, 0.25) is 10.0 Å². The number of aromatic nitrogens is 1. The van der Waals surface area contributed by atoms with Crippen molar-refractivity contribution in [2.24, 2.45) is 0 Å². The molecule has 2 aromatic carbocycles. The van der Waals surface area contributed by atoms with Crippen LogP contribution in [-0.2, 0) is 10.0 Å². The highest BCUT2D eigenvalue weighted by molar-refractivity contribution is 7.89. The third kappa shape index (κ3) is 7.06. The molecule has 0 aliphatic carbocycles. The van der Waals surface area contributed by atoms with Crippen LogP contribution in [0.15, 0.2) is 41.3 Å². The van der Waals surface area contributed by atoms with E-state index in [4.69, 9.17) is 25.0 Å². The number of ether oxygens (including phenoxy) is 2. The van der Waals surface area contributed by atoms with Crippen LogP contribution in [0.1, 0.15) is 29.6 Å². The number of thiazole rings is 1. The zero-order valence-electron chi connectivity index (χ0n) is 23.0. The summed E-state index contributed by atoms with van der Waals surface area (Å²) in [5.41, 5.74) is 0.881. The average Bonchev–Trinajstić information content (AvgIpc) is 3.39. The van der Waals surface area contributed by atoms with Gasteiger partial charge in [-0.3, -0.25) is 9.69 Å². The third-order valence-electron chi connectivity index (χ3n) is 6.05. The molecule has 0 radical (unpaired) electrons. The Bertz CT molecular complexity index is 1450. The number of sulfonamides is 1. The molecule has 3 aromatic rings. The lowest BCUT2D eigenvalue weighted by molar-refractivity contribution is 0.0986. The Morgan fingerprint density at radius 2 is 1.52 bits per heavy atom. The minimum absolute atomic E-state index is 0.000868. The Hall–Kier alpha value is -3.75. The van der Waals surface area contributed by atoms with Crippen LogP contribution in [0.4, 0.5) is 5.13 Å². The molecule has 0 bridgehead atoms. The molecule has 0 atom stereocenters. The SMILES string of the molecule is COc1ccc(OC)c2sc(N(CCCN(C)C)C(=O)c3ccc(S(=O)(=O)N(CCC#N)CCC#N)cc3)nc12. The van der Waals surface area contributed by atoms with Crippen molar-refractivity contribution in [1.82, 2.24) is 14.2 Å². The molecule has 0 spiro atoms. The molecule has 1 amide bonds. The van der Waals surface area contributed by atoms with Gasteiger partial charge in [0.15, 0.2) is 5.13 Å². The first-order valence-electron chi connectivity index (χ1n) is 12.5. The van der Waals surface area contributed by atoms with Gasteiger partial charge in [-0.2, -0.15) is 14.8 Å². The van der Waals surface area contributed by atoms with E-state index in [2.05, 4.69) is 0 Å². The van der Waals surface area contributed by atoms with Crippen LogP contribution in [0.2, 0.25) is 0 Å². The van der Waals surface area contributed by atoms with Crippen molar-refractivity contribution in [3.8, 4) is 23.6 Å². The Labute approximate surface area is 238 Å². The van der Waals surface area contributed by atoms with Gasteiger partial charge >= 0.3 is 0 Å². The van der Waals surface area contributed by atoms with Crippen LogP contribution in [0, 0.1) is 22.7 Å². The van der Waals surface area contributed by atoms with Gasteiger partial charge in [-0.25, -0.2) is 13.4 Å². The number of nitriles is 2. The molecule has 1 aromatic heterocycles. The predicted molar refractivity (Wildman–Crippen MR) is 153 cm³/mol. The molecule has 1 heterocycles. The molecular weight excluding hydrogens is 552 g/mol. The zero-order chi connectivity index (χ0) is 29.3. The lowest BCUT2D eigenvalue weighted by Gasteiger charge is -2.22. The minimum atomic E-state index is -3.95. The highest BCUT2D eigenvalue weighted by Crippen LogP contribution is 2.40. The Balaban J connectivity index is 1.97. The van der Waals surface area contributed by atoms with Crippen molar-refractivity contribution < 1.29 is 22.7 Å². The summed E-state index contributed by atoms with van der Waals surface area (Å²) in [6.45, 7) is 1.09. The Morgan fingerprint density at radius 3 is 2.08 bits per heavy atom. The number of fused-ring (bicyclic) bond motifs is 1. The second-order valence-corrected chi connectivity index (χ2v) is 11.9. The number of benzene rings is 2. The summed E-state index contributed by atoms with van der Waals surface area (Å²) in [4.78, 5) is 22.1. The van der Waals surface area contributed by atoms with E-state index in [0.717, 1.165) is 15.5 Å². The number of rotatable bonds is 14. The summed E-state index contributed by atoms with van der Waals surface area (Å²) in [6.07, 6.45) is 0.684. The van der Waals surface area contributed by atoms with Gasteiger partial charge in [-0.05, 0) is 63.5 Å². The van der Waals surface area contributed by atoms with E-state index in [9.17, 15) is 13.2 Å². The second-order valence-electron chi connectivity index (χ2n) is 9.00. The number of amides is 1. The molecule has 3 rings (SSSR count). The van der Waals surface area contributed by atoms with Crippen molar-refractivity contribution >= 4 is 42.6 Å². The Morgan fingerprint density at radius 1 is 0.925 bits per heavy atom. The van der Waals surface area contributed by atoms with Gasteiger partial charge in [0, 0.05) is 38.0 Å². The number of nitrogens with zero attached hydrogens (tertiary/aromatic N) is 6. The molecular formula is C27H32N6O5S2. The highest BCUT2D eigenvalue weighted by Gasteiger charge is 2.26. The van der Waals surface area contributed by atoms with Crippen molar-refractivity contribution in [3.05, 3.63) is 42.0 Å². The first kappa shape index (κ1) is 30.8. The molecule has 13 heteroatoms. The number of methoxy groups -OCH3 is 2. The van der Waals surface area contributed by atoms with E-state index in [-0.39, 0.29) is 36.7 Å². The molecule has 0 fully saturated rings. The molecule has 0 aliphatic heterocycles. The van der Waals surface area contributed by atoms with Crippen molar-refractivity contribution in [3.63, 3.8) is 0 Å². The maximum Gasteiger partial charge on any atom is 0.260 e. The first-order chi connectivity index (χ1) is 19.2. The fraction of sp³-hybridized carbons (Fsp3) is 0.407. The van der Waals surface area contributed by atoms with Gasteiger partial charge in [0.25, 0.3) is 5.91 Å². The largest absolute Gasteiger partial charge is 0.495 e. The summed E-state index contributed by atoms with van der Waals surface area (Å²) in [7, 11) is 3.07. The summed E-state index contributed by atoms with van der Waals surface area (Å²) in [5, 5.41) is 18.3. The maximum absolute atomic E-state index is 13.8. The van der Waals surface area contributed by atoms with Crippen LogP contribution in [-0.4, -0.2) is 83.0 Å². The summed E-state index contributed by atoms with van der Waals surface area (Å²) < 4.78 is 39.2. The number of anilines is 1. The maximum atomic E-state index is 13.8. The molecule has 0 N–H and O–H groups in total. The van der Waals surface area contributed by atoms with Crippen LogP contribution in [0.25, 0.3) is 10.2 Å². The minimum Gasteiger partial charge on any atom is -0.495 e. The van der Waals surface area contributed by atoms with Gasteiger partial charge in [-0.1, -0.05) is 11.3 Å². The van der Waals surface area contributed by atoms with Crippen LogP contribution < -0.4 is 14.4 Å². The second kappa shape index (κ2) is 14.1. The molecule has 40 heavy (non-hydrogen) atoms. The van der Waals surface area contributed by atoms with E-state index in [1.54, 1.807) is 31.3 Å². The summed E-state index contributed by atoms with van der Waals surface area (Å²) >= 11 is 1.31. The number of hydrogen-bond acceptors (Lipinski definition) is 10. The molecule has 212 valence electrons. The normalized spacial score (nSPS) is 11.4. The van der Waals surface area contributed by atoms with E-state index in [0.29, 0.717) is 40.7 Å². The third-order valence-corrected chi connectivity index (χ3v) is 9.05. The van der Waals surface area contributed by atoms with E-state index < -0.39 is 10.0 Å². The lowest BCUT2D eigenvalue weighted by Crippen LogP contribution is -2.34. The standard InChI is InChI=1S/C27H32N6O5S2/c1-31(2)16-7-19-33(27-30-24-22(37-3)12-13-23(38-4)25(24)39-27)26(34)20-8-10-21(11-9-20)40(35,36)32(17-5-14-28)18-6-15-29/h8-13H,5-7,16-19H2,1-4H3. The quantitative estimate of drug-likeness (QED) is 0.277. The summed E-state index contributed by atoms with van der Waals surface area (Å²) in [6, 6.07) is 13.1. The van der Waals surface area contributed by atoms with Crippen molar-refractivity contribution in [1.29, 1.82) is 10.5 Å². The lowest BCUT2D eigenvalue weighted by atomic mass is 10.2. The van der Waals surface area contributed by atoms with E-state index in [1.807, 2.05) is 31.1 Å². The molecule has 0 saturated carbocycles. The number of hydrogen-bond donors (Lipinski definition) is 0. The van der Waals surface area contributed by atoms with Crippen molar-refractivity contribution in [2.75, 3.05) is 59.4 Å². The topological polar surface area (TPSA) is 140 Å². The first-order valence-corrected chi connectivity index (χ1v) is 14.8. The average molecular weight is 585 g/mol. The number of carbonyl (C=O) groups is 1. The fourth-order valence-electron chi connectivity index (χ4n) is 3.99.